The Morgan fingerprint density at radius 2 is 2.12 bits per heavy atom. The van der Waals surface area contributed by atoms with Crippen LogP contribution in [0, 0.1) is 6.92 Å². The average Bonchev–Trinajstić information content (AvgIpc) is 2.63. The fourth-order valence-electron chi connectivity index (χ4n) is 1.46. The number of aryl methyl sites for hydroxylation is 1. The van der Waals surface area contributed by atoms with Crippen LogP contribution < -0.4 is 11.1 Å². The summed E-state index contributed by atoms with van der Waals surface area (Å²) in [5.41, 5.74) is 7.31. The Morgan fingerprint density at radius 1 is 1.31 bits per heavy atom. The van der Waals surface area contributed by atoms with Crippen LogP contribution in [-0.2, 0) is 6.54 Å². The number of rotatable bonds is 3. The summed E-state index contributed by atoms with van der Waals surface area (Å²) >= 11 is 5.81. The van der Waals surface area contributed by atoms with E-state index >= 15 is 0 Å². The number of anilines is 2. The average molecular weight is 237 g/mol. The normalized spacial score (nSPS) is 10.4. The van der Waals surface area contributed by atoms with Gasteiger partial charge in [0, 0.05) is 5.02 Å². The van der Waals surface area contributed by atoms with E-state index in [9.17, 15) is 0 Å². The molecule has 1 heterocycles. The molecule has 16 heavy (non-hydrogen) atoms. The molecule has 4 heteroatoms. The summed E-state index contributed by atoms with van der Waals surface area (Å²) in [5, 5.41) is 3.83. The lowest BCUT2D eigenvalue weighted by Crippen LogP contribution is -2.01. The Labute approximate surface area is 99.2 Å². The molecule has 84 valence electrons. The number of nitrogens with two attached hydrogens (primary N) is 1. The van der Waals surface area contributed by atoms with Gasteiger partial charge in [-0.3, -0.25) is 0 Å². The van der Waals surface area contributed by atoms with E-state index < -0.39 is 0 Å². The van der Waals surface area contributed by atoms with Crippen LogP contribution in [0.3, 0.4) is 0 Å². The summed E-state index contributed by atoms with van der Waals surface area (Å²) in [7, 11) is 0. The van der Waals surface area contributed by atoms with E-state index in [2.05, 4.69) is 5.32 Å². The first-order valence-electron chi connectivity index (χ1n) is 4.99. The van der Waals surface area contributed by atoms with Gasteiger partial charge >= 0.3 is 0 Å². The van der Waals surface area contributed by atoms with Gasteiger partial charge in [-0.2, -0.15) is 0 Å². The highest BCUT2D eigenvalue weighted by Gasteiger charge is 2.01. The van der Waals surface area contributed by atoms with Crippen LogP contribution in [0.2, 0.25) is 5.02 Å². The van der Waals surface area contributed by atoms with E-state index in [-0.39, 0.29) is 0 Å². The Hall–Kier alpha value is -1.61. The first-order chi connectivity index (χ1) is 7.65. The minimum atomic E-state index is 0.611. The molecule has 2 rings (SSSR count). The largest absolute Gasteiger partial charge is 0.465 e. The van der Waals surface area contributed by atoms with Crippen LogP contribution in [0.1, 0.15) is 11.5 Å². The van der Waals surface area contributed by atoms with Gasteiger partial charge in [0.1, 0.15) is 11.5 Å². The van der Waals surface area contributed by atoms with E-state index in [1.807, 2.05) is 25.1 Å². The molecule has 0 unspecified atom stereocenters. The van der Waals surface area contributed by atoms with Crippen molar-refractivity contribution in [3.05, 3.63) is 46.9 Å². The lowest BCUT2D eigenvalue weighted by atomic mass is 10.2. The molecule has 0 aliphatic carbocycles. The molecular weight excluding hydrogens is 224 g/mol. The molecule has 3 N–H and O–H groups in total. The van der Waals surface area contributed by atoms with Crippen LogP contribution in [0.4, 0.5) is 11.4 Å². The highest BCUT2D eigenvalue weighted by Crippen LogP contribution is 2.23. The molecule has 0 amide bonds. The second-order valence-corrected chi connectivity index (χ2v) is 4.03. The summed E-state index contributed by atoms with van der Waals surface area (Å²) in [6.45, 7) is 2.53. The zero-order valence-corrected chi connectivity index (χ0v) is 9.71. The predicted molar refractivity (Wildman–Crippen MR) is 66.6 cm³/mol. The van der Waals surface area contributed by atoms with Crippen molar-refractivity contribution in [2.45, 2.75) is 13.5 Å². The van der Waals surface area contributed by atoms with Gasteiger partial charge < -0.3 is 15.5 Å². The van der Waals surface area contributed by atoms with Crippen LogP contribution >= 0.6 is 11.6 Å². The molecule has 0 saturated heterocycles. The van der Waals surface area contributed by atoms with Crippen molar-refractivity contribution in [1.29, 1.82) is 0 Å². The number of hydrogen-bond acceptors (Lipinski definition) is 3. The van der Waals surface area contributed by atoms with Crippen molar-refractivity contribution >= 4 is 23.0 Å². The van der Waals surface area contributed by atoms with Gasteiger partial charge in [0.2, 0.25) is 0 Å². The Balaban J connectivity index is 2.04. The number of furan rings is 1. The van der Waals surface area contributed by atoms with E-state index in [4.69, 9.17) is 21.8 Å². The number of hydrogen-bond donors (Lipinski definition) is 2. The molecule has 0 bridgehead atoms. The maximum atomic E-state index is 5.81. The SMILES string of the molecule is Cc1ccc(CNc2ccc(Cl)cc2N)o1. The van der Waals surface area contributed by atoms with E-state index in [1.165, 1.54) is 0 Å². The molecule has 2 aromatic rings. The Kier molecular flexibility index (Phi) is 3.06. The van der Waals surface area contributed by atoms with Gasteiger partial charge in [0.15, 0.2) is 0 Å². The number of halogens is 1. The van der Waals surface area contributed by atoms with E-state index in [1.54, 1.807) is 12.1 Å². The van der Waals surface area contributed by atoms with Crippen LogP contribution in [0.5, 0.6) is 0 Å². The molecule has 0 saturated carbocycles. The van der Waals surface area contributed by atoms with Gasteiger partial charge in [-0.25, -0.2) is 0 Å². The fraction of sp³-hybridized carbons (Fsp3) is 0.167. The zero-order valence-electron chi connectivity index (χ0n) is 8.96. The van der Waals surface area contributed by atoms with Crippen molar-refractivity contribution in [2.24, 2.45) is 0 Å². The van der Waals surface area contributed by atoms with Gasteiger partial charge in [0.25, 0.3) is 0 Å². The summed E-state index contributed by atoms with van der Waals surface area (Å²) < 4.78 is 5.44. The molecular formula is C12H13ClN2O. The zero-order chi connectivity index (χ0) is 11.5. The minimum Gasteiger partial charge on any atom is -0.465 e. The molecule has 3 nitrogen and oxygen atoms in total. The fourth-order valence-corrected chi connectivity index (χ4v) is 1.64. The molecule has 0 fully saturated rings. The van der Waals surface area contributed by atoms with Crippen molar-refractivity contribution in [1.82, 2.24) is 0 Å². The summed E-state index contributed by atoms with van der Waals surface area (Å²) in [5.74, 6) is 1.78. The molecule has 0 aliphatic heterocycles. The lowest BCUT2D eigenvalue weighted by molar-refractivity contribution is 0.490. The van der Waals surface area contributed by atoms with Gasteiger partial charge in [-0.1, -0.05) is 11.6 Å². The second-order valence-electron chi connectivity index (χ2n) is 3.60. The smallest absolute Gasteiger partial charge is 0.123 e. The van der Waals surface area contributed by atoms with Crippen LogP contribution in [0.25, 0.3) is 0 Å². The number of nitrogen functional groups attached to an aromatic ring is 1. The molecule has 1 aromatic heterocycles. The first kappa shape index (κ1) is 10.9. The summed E-state index contributed by atoms with van der Waals surface area (Å²) in [6, 6.07) is 9.25. The molecule has 0 aliphatic rings. The monoisotopic (exact) mass is 236 g/mol. The van der Waals surface area contributed by atoms with Crippen LogP contribution in [0.15, 0.2) is 34.7 Å². The van der Waals surface area contributed by atoms with Crippen molar-refractivity contribution in [3.63, 3.8) is 0 Å². The van der Waals surface area contributed by atoms with Crippen molar-refractivity contribution in [2.75, 3.05) is 11.1 Å². The predicted octanol–water partition coefficient (Wildman–Crippen LogP) is 3.44. The van der Waals surface area contributed by atoms with E-state index in [0.717, 1.165) is 17.2 Å². The third kappa shape index (κ3) is 2.49. The topological polar surface area (TPSA) is 51.2 Å². The van der Waals surface area contributed by atoms with Gasteiger partial charge in [0.05, 0.1) is 17.9 Å². The maximum Gasteiger partial charge on any atom is 0.123 e. The second kappa shape index (κ2) is 4.49. The summed E-state index contributed by atoms with van der Waals surface area (Å²) in [6.07, 6.45) is 0. The van der Waals surface area contributed by atoms with Crippen molar-refractivity contribution in [3.8, 4) is 0 Å². The summed E-state index contributed by atoms with van der Waals surface area (Å²) in [4.78, 5) is 0. The minimum absolute atomic E-state index is 0.611. The Bertz CT molecular complexity index is 494. The first-order valence-corrected chi connectivity index (χ1v) is 5.37. The quantitative estimate of drug-likeness (QED) is 0.803. The standard InChI is InChI=1S/C12H13ClN2O/c1-8-2-4-10(16-8)7-15-12-5-3-9(13)6-11(12)14/h2-6,15H,7,14H2,1H3. The van der Waals surface area contributed by atoms with Crippen LogP contribution in [-0.4, -0.2) is 0 Å². The molecule has 1 aromatic carbocycles. The lowest BCUT2D eigenvalue weighted by Gasteiger charge is -2.07. The third-order valence-corrected chi connectivity index (χ3v) is 2.50. The van der Waals surface area contributed by atoms with Gasteiger partial charge in [-0.05, 0) is 37.3 Å². The third-order valence-electron chi connectivity index (χ3n) is 2.26. The molecule has 0 atom stereocenters. The molecule has 0 spiro atoms. The van der Waals surface area contributed by atoms with E-state index in [0.29, 0.717) is 17.3 Å². The van der Waals surface area contributed by atoms with Gasteiger partial charge in [-0.15, -0.1) is 0 Å². The highest BCUT2D eigenvalue weighted by atomic mass is 35.5. The Morgan fingerprint density at radius 3 is 2.75 bits per heavy atom. The number of benzene rings is 1. The molecule has 0 radical (unpaired) electrons. The van der Waals surface area contributed by atoms with Crippen molar-refractivity contribution < 1.29 is 4.42 Å². The maximum absolute atomic E-state index is 5.81. The number of nitrogens with one attached hydrogen (secondary N) is 1. The highest BCUT2D eigenvalue weighted by molar-refractivity contribution is 6.31.